The van der Waals surface area contributed by atoms with Crippen molar-refractivity contribution < 1.29 is 0 Å². The third-order valence-corrected chi connectivity index (χ3v) is 4.39. The van der Waals surface area contributed by atoms with E-state index in [0.29, 0.717) is 15.8 Å². The fourth-order valence-corrected chi connectivity index (χ4v) is 2.89. The lowest BCUT2D eigenvalue weighted by molar-refractivity contribution is 0.798. The second kappa shape index (κ2) is 5.28. The monoisotopic (exact) mass is 315 g/mol. The molecule has 0 atom stereocenters. The van der Waals surface area contributed by atoms with Gasteiger partial charge in [0.15, 0.2) is 5.69 Å². The lowest BCUT2D eigenvalue weighted by Crippen LogP contribution is -1.99. The van der Waals surface area contributed by atoms with Crippen molar-refractivity contribution in [3.05, 3.63) is 45.6 Å². The zero-order valence-electron chi connectivity index (χ0n) is 11.3. The summed E-state index contributed by atoms with van der Waals surface area (Å²) in [4.78, 5) is 5.59. The van der Waals surface area contributed by atoms with Gasteiger partial charge in [-0.25, -0.2) is 4.98 Å². The van der Waals surface area contributed by atoms with Crippen molar-refractivity contribution in [1.82, 2.24) is 20.0 Å². The van der Waals surface area contributed by atoms with Gasteiger partial charge in [-0.05, 0) is 26.0 Å². The minimum atomic E-state index is 0.267. The van der Waals surface area contributed by atoms with Gasteiger partial charge in [-0.2, -0.15) is 9.94 Å². The molecule has 3 aromatic rings. The van der Waals surface area contributed by atoms with Gasteiger partial charge in [-0.15, -0.1) is 5.10 Å². The van der Waals surface area contributed by atoms with E-state index in [2.05, 4.69) is 21.4 Å². The molecule has 0 unspecified atom stereocenters. The molecule has 21 heavy (non-hydrogen) atoms. The van der Waals surface area contributed by atoms with Gasteiger partial charge in [0.25, 0.3) is 0 Å². The topological polar surface area (TPSA) is 67.4 Å². The number of nitriles is 1. The molecule has 0 bridgehead atoms. The predicted octanol–water partition coefficient (Wildman–Crippen LogP) is 3.53. The number of aryl methyl sites for hydroxylation is 2. The highest BCUT2D eigenvalue weighted by Crippen LogP contribution is 2.28. The molecule has 0 fully saturated rings. The van der Waals surface area contributed by atoms with Crippen LogP contribution >= 0.6 is 22.9 Å². The van der Waals surface area contributed by atoms with Crippen LogP contribution in [0.1, 0.15) is 16.3 Å². The van der Waals surface area contributed by atoms with Crippen LogP contribution in [0, 0.1) is 25.2 Å². The number of hydrogen-bond acceptors (Lipinski definition) is 5. The van der Waals surface area contributed by atoms with E-state index in [4.69, 9.17) is 11.6 Å². The Bertz CT molecular complexity index is 822. The Morgan fingerprint density at radius 1 is 1.24 bits per heavy atom. The summed E-state index contributed by atoms with van der Waals surface area (Å²) < 4.78 is 1.60. The van der Waals surface area contributed by atoms with Crippen LogP contribution in [0.3, 0.4) is 0 Å². The van der Waals surface area contributed by atoms with Crippen molar-refractivity contribution in [3.63, 3.8) is 0 Å². The molecule has 0 spiro atoms. The summed E-state index contributed by atoms with van der Waals surface area (Å²) in [5.74, 6) is 0. The number of benzene rings is 1. The van der Waals surface area contributed by atoms with Gasteiger partial charge < -0.3 is 0 Å². The van der Waals surface area contributed by atoms with E-state index in [1.807, 2.05) is 26.0 Å². The van der Waals surface area contributed by atoms with Crippen molar-refractivity contribution in [2.45, 2.75) is 13.8 Å². The minimum Gasteiger partial charge on any atom is -0.223 e. The quantitative estimate of drug-likeness (QED) is 0.725. The third kappa shape index (κ3) is 2.42. The van der Waals surface area contributed by atoms with Gasteiger partial charge in [0, 0.05) is 15.5 Å². The average Bonchev–Trinajstić information content (AvgIpc) is 3.04. The molecular weight excluding hydrogens is 306 g/mol. The van der Waals surface area contributed by atoms with Crippen LogP contribution in [-0.2, 0) is 0 Å². The molecule has 0 aliphatic carbocycles. The van der Waals surface area contributed by atoms with Crippen LogP contribution in [0.4, 0.5) is 0 Å². The van der Waals surface area contributed by atoms with Crippen LogP contribution in [0.5, 0.6) is 0 Å². The maximum absolute atomic E-state index is 9.25. The summed E-state index contributed by atoms with van der Waals surface area (Å²) in [5, 5.41) is 18.6. The molecule has 2 heterocycles. The fourth-order valence-electron chi connectivity index (χ4n) is 1.90. The average molecular weight is 316 g/mol. The molecule has 0 N–H and O–H groups in total. The summed E-state index contributed by atoms with van der Waals surface area (Å²) in [5.41, 5.74) is 2.67. The standard InChI is InChI=1S/C14H10ClN5S/c1-8-9(2)21-14(17-8)20-13(12(7-16)18-19-20)10-3-5-11(15)6-4-10/h3-6H,1-2H3. The zero-order chi connectivity index (χ0) is 15.0. The van der Waals surface area contributed by atoms with E-state index < -0.39 is 0 Å². The summed E-state index contributed by atoms with van der Waals surface area (Å²) in [6.45, 7) is 3.94. The highest BCUT2D eigenvalue weighted by atomic mass is 35.5. The molecule has 0 aliphatic heterocycles. The Kier molecular flexibility index (Phi) is 3.45. The van der Waals surface area contributed by atoms with Crippen LogP contribution in [0.15, 0.2) is 24.3 Å². The predicted molar refractivity (Wildman–Crippen MR) is 81.7 cm³/mol. The van der Waals surface area contributed by atoms with Gasteiger partial charge in [-0.3, -0.25) is 0 Å². The largest absolute Gasteiger partial charge is 0.223 e. The Morgan fingerprint density at radius 3 is 2.52 bits per heavy atom. The van der Waals surface area contributed by atoms with Gasteiger partial charge in [-0.1, -0.05) is 40.3 Å². The van der Waals surface area contributed by atoms with Gasteiger partial charge in [0.2, 0.25) is 5.13 Å². The Morgan fingerprint density at radius 2 is 1.95 bits per heavy atom. The zero-order valence-corrected chi connectivity index (χ0v) is 12.9. The van der Waals surface area contributed by atoms with E-state index >= 15 is 0 Å². The number of aromatic nitrogens is 4. The van der Waals surface area contributed by atoms with Crippen LogP contribution < -0.4 is 0 Å². The van der Waals surface area contributed by atoms with E-state index in [1.165, 1.54) is 11.3 Å². The van der Waals surface area contributed by atoms with Crippen molar-refractivity contribution >= 4 is 22.9 Å². The van der Waals surface area contributed by atoms with Crippen LogP contribution in [-0.4, -0.2) is 20.0 Å². The van der Waals surface area contributed by atoms with Gasteiger partial charge in [0.1, 0.15) is 11.8 Å². The number of halogens is 1. The first-order valence-corrected chi connectivity index (χ1v) is 7.35. The molecule has 0 radical (unpaired) electrons. The molecule has 0 amide bonds. The first-order chi connectivity index (χ1) is 10.1. The molecule has 2 aromatic heterocycles. The van der Waals surface area contributed by atoms with E-state index in [9.17, 15) is 5.26 Å². The number of hydrogen-bond donors (Lipinski definition) is 0. The summed E-state index contributed by atoms with van der Waals surface area (Å²) in [6.07, 6.45) is 0. The first-order valence-electron chi connectivity index (χ1n) is 6.16. The van der Waals surface area contributed by atoms with Crippen molar-refractivity contribution in [2.75, 3.05) is 0 Å². The van der Waals surface area contributed by atoms with Gasteiger partial charge >= 0.3 is 0 Å². The second-order valence-corrected chi connectivity index (χ2v) is 6.07. The molecular formula is C14H10ClN5S. The van der Waals surface area contributed by atoms with Crippen LogP contribution in [0.25, 0.3) is 16.4 Å². The fraction of sp³-hybridized carbons (Fsp3) is 0.143. The first kappa shape index (κ1) is 13.7. The summed E-state index contributed by atoms with van der Waals surface area (Å²) >= 11 is 7.43. The lowest BCUT2D eigenvalue weighted by atomic mass is 10.1. The number of rotatable bonds is 2. The molecule has 7 heteroatoms. The Balaban J connectivity index is 2.21. The molecule has 3 rings (SSSR count). The van der Waals surface area contributed by atoms with Crippen molar-refractivity contribution in [3.8, 4) is 22.5 Å². The maximum Gasteiger partial charge on any atom is 0.212 e. The summed E-state index contributed by atoms with van der Waals surface area (Å²) in [6, 6.07) is 9.29. The molecule has 0 saturated carbocycles. The Hall–Kier alpha value is -2.23. The smallest absolute Gasteiger partial charge is 0.212 e. The van der Waals surface area contributed by atoms with Gasteiger partial charge in [0.05, 0.1) is 5.69 Å². The number of nitrogens with zero attached hydrogens (tertiary/aromatic N) is 5. The maximum atomic E-state index is 9.25. The SMILES string of the molecule is Cc1nc(-n2nnc(C#N)c2-c2ccc(Cl)cc2)sc1C. The van der Waals surface area contributed by atoms with Crippen LogP contribution in [0.2, 0.25) is 5.02 Å². The molecule has 1 aromatic carbocycles. The lowest BCUT2D eigenvalue weighted by Gasteiger charge is -2.03. The number of thiazole rings is 1. The molecule has 5 nitrogen and oxygen atoms in total. The van der Waals surface area contributed by atoms with E-state index in [-0.39, 0.29) is 5.69 Å². The third-order valence-electron chi connectivity index (χ3n) is 3.09. The highest BCUT2D eigenvalue weighted by Gasteiger charge is 2.18. The second-order valence-electron chi connectivity index (χ2n) is 4.46. The Labute approximate surface area is 130 Å². The van der Waals surface area contributed by atoms with E-state index in [0.717, 1.165) is 16.1 Å². The molecule has 0 saturated heterocycles. The minimum absolute atomic E-state index is 0.267. The van der Waals surface area contributed by atoms with Crippen molar-refractivity contribution in [1.29, 1.82) is 5.26 Å². The highest BCUT2D eigenvalue weighted by molar-refractivity contribution is 7.14. The van der Waals surface area contributed by atoms with Crippen molar-refractivity contribution in [2.24, 2.45) is 0 Å². The normalized spacial score (nSPS) is 10.6. The summed E-state index contributed by atoms with van der Waals surface area (Å²) in [7, 11) is 0. The molecule has 0 aliphatic rings. The van der Waals surface area contributed by atoms with E-state index in [1.54, 1.807) is 16.8 Å². The molecule has 104 valence electrons.